The van der Waals surface area contributed by atoms with Crippen molar-refractivity contribution in [2.75, 3.05) is 13.1 Å². The molecular formula is C21H23N3O4. The summed E-state index contributed by atoms with van der Waals surface area (Å²) in [4.78, 5) is 50.5. The normalized spacial score (nSPS) is 14.4. The van der Waals surface area contributed by atoms with Crippen molar-refractivity contribution in [2.45, 2.75) is 34.6 Å². The van der Waals surface area contributed by atoms with Gasteiger partial charge in [0.15, 0.2) is 5.78 Å². The monoisotopic (exact) mass is 381 g/mol. The number of imide groups is 2. The van der Waals surface area contributed by atoms with Crippen molar-refractivity contribution in [1.82, 2.24) is 14.4 Å². The Balaban J connectivity index is 1.92. The zero-order valence-corrected chi connectivity index (χ0v) is 16.7. The second kappa shape index (κ2) is 7.07. The number of Topliss-reactive ketones (excluding diaryl/α,β-unsaturated/α-hetero) is 1. The molecule has 1 aliphatic rings. The molecule has 0 radical (unpaired) electrons. The fourth-order valence-electron chi connectivity index (χ4n) is 3.50. The molecule has 28 heavy (non-hydrogen) atoms. The highest BCUT2D eigenvalue weighted by atomic mass is 16.2. The fourth-order valence-corrected chi connectivity index (χ4v) is 3.50. The van der Waals surface area contributed by atoms with Crippen LogP contribution in [0.15, 0.2) is 24.3 Å². The molecule has 3 rings (SSSR count). The number of amides is 4. The van der Waals surface area contributed by atoms with Gasteiger partial charge < -0.3 is 4.57 Å². The summed E-state index contributed by atoms with van der Waals surface area (Å²) in [5.41, 5.74) is 5.29. The number of carbonyl (C=O) groups is 4. The van der Waals surface area contributed by atoms with Gasteiger partial charge in [0, 0.05) is 29.2 Å². The number of likely N-dealkylation sites (N-methyl/N-ethyl adjacent to an activating group) is 1. The molecule has 7 heteroatoms. The molecular weight excluding hydrogens is 358 g/mol. The van der Waals surface area contributed by atoms with E-state index in [9.17, 15) is 19.2 Å². The van der Waals surface area contributed by atoms with E-state index in [4.69, 9.17) is 0 Å². The Labute approximate surface area is 163 Å². The Kier molecular flexibility index (Phi) is 4.93. The lowest BCUT2D eigenvalue weighted by molar-refractivity contribution is -0.143. The highest BCUT2D eigenvalue weighted by molar-refractivity contribution is 6.45. The maximum Gasteiger partial charge on any atom is 0.334 e. The number of carbonyl (C=O) groups excluding carboxylic acids is 4. The molecule has 1 aliphatic heterocycles. The Bertz CT molecular complexity index is 1020. The predicted molar refractivity (Wildman–Crippen MR) is 104 cm³/mol. The molecule has 0 N–H and O–H groups in total. The summed E-state index contributed by atoms with van der Waals surface area (Å²) in [6.45, 7) is 9.03. The number of benzene rings is 1. The third kappa shape index (κ3) is 3.02. The molecule has 1 aromatic heterocycles. The van der Waals surface area contributed by atoms with Crippen molar-refractivity contribution in [1.29, 1.82) is 0 Å². The summed E-state index contributed by atoms with van der Waals surface area (Å²) in [6, 6.07) is 7.07. The number of hydrogen-bond acceptors (Lipinski definition) is 4. The van der Waals surface area contributed by atoms with Crippen molar-refractivity contribution in [3.8, 4) is 5.69 Å². The van der Waals surface area contributed by atoms with Crippen molar-refractivity contribution in [3.63, 3.8) is 0 Å². The van der Waals surface area contributed by atoms with Gasteiger partial charge in [0.2, 0.25) is 0 Å². The molecule has 7 nitrogen and oxygen atoms in total. The minimum absolute atomic E-state index is 0.0926. The van der Waals surface area contributed by atoms with Crippen LogP contribution in [0, 0.1) is 27.7 Å². The number of urea groups is 1. The molecule has 4 amide bonds. The van der Waals surface area contributed by atoms with Gasteiger partial charge in [-0.15, -0.1) is 0 Å². The van der Waals surface area contributed by atoms with Crippen LogP contribution in [0.2, 0.25) is 0 Å². The van der Waals surface area contributed by atoms with Gasteiger partial charge in [-0.3, -0.25) is 19.3 Å². The van der Waals surface area contributed by atoms with Crippen LogP contribution in [-0.4, -0.2) is 51.1 Å². The summed E-state index contributed by atoms with van der Waals surface area (Å²) >= 11 is 0. The first-order valence-corrected chi connectivity index (χ1v) is 9.14. The molecule has 2 aromatic rings. The molecule has 2 heterocycles. The topological polar surface area (TPSA) is 79.7 Å². The Morgan fingerprint density at radius 1 is 0.893 bits per heavy atom. The first-order valence-electron chi connectivity index (χ1n) is 9.14. The van der Waals surface area contributed by atoms with Crippen LogP contribution in [0.25, 0.3) is 5.69 Å². The summed E-state index contributed by atoms with van der Waals surface area (Å²) in [5.74, 6) is -2.22. The number of nitrogens with zero attached hydrogens (tertiary/aromatic N) is 3. The molecule has 0 aliphatic carbocycles. The van der Waals surface area contributed by atoms with Crippen LogP contribution in [0.4, 0.5) is 4.79 Å². The van der Waals surface area contributed by atoms with E-state index in [0.717, 1.165) is 32.4 Å². The van der Waals surface area contributed by atoms with E-state index >= 15 is 0 Å². The van der Waals surface area contributed by atoms with E-state index < -0.39 is 24.4 Å². The maximum atomic E-state index is 12.8. The number of ketones is 1. The van der Waals surface area contributed by atoms with E-state index in [1.54, 1.807) is 13.0 Å². The van der Waals surface area contributed by atoms with Crippen LogP contribution in [0.5, 0.6) is 0 Å². The lowest BCUT2D eigenvalue weighted by Gasteiger charge is -2.14. The Morgan fingerprint density at radius 2 is 1.54 bits per heavy atom. The van der Waals surface area contributed by atoms with E-state index in [0.29, 0.717) is 5.56 Å². The van der Waals surface area contributed by atoms with Gasteiger partial charge in [0.1, 0.15) is 0 Å². The Hall–Kier alpha value is -3.22. The second-order valence-electron chi connectivity index (χ2n) is 7.04. The van der Waals surface area contributed by atoms with Crippen molar-refractivity contribution >= 4 is 23.6 Å². The van der Waals surface area contributed by atoms with E-state index in [2.05, 4.69) is 6.07 Å². The van der Waals surface area contributed by atoms with Crippen LogP contribution >= 0.6 is 0 Å². The van der Waals surface area contributed by atoms with Crippen molar-refractivity contribution in [3.05, 3.63) is 52.3 Å². The van der Waals surface area contributed by atoms with Gasteiger partial charge in [-0.2, -0.15) is 0 Å². The largest absolute Gasteiger partial charge is 0.334 e. The van der Waals surface area contributed by atoms with Crippen LogP contribution in [-0.2, 0) is 9.59 Å². The molecule has 1 fully saturated rings. The van der Waals surface area contributed by atoms with Crippen LogP contribution in [0.3, 0.4) is 0 Å². The predicted octanol–water partition coefficient (Wildman–Crippen LogP) is 2.70. The van der Waals surface area contributed by atoms with Crippen LogP contribution in [0.1, 0.15) is 39.8 Å². The van der Waals surface area contributed by atoms with E-state index in [-0.39, 0.29) is 12.3 Å². The first-order chi connectivity index (χ1) is 13.2. The molecule has 0 spiro atoms. The van der Waals surface area contributed by atoms with E-state index in [1.807, 2.05) is 44.4 Å². The highest BCUT2D eigenvalue weighted by Gasteiger charge is 2.44. The average molecular weight is 381 g/mol. The quantitative estimate of drug-likeness (QED) is 0.453. The van der Waals surface area contributed by atoms with Crippen molar-refractivity contribution < 1.29 is 19.2 Å². The number of rotatable bonds is 5. The Morgan fingerprint density at radius 3 is 2.11 bits per heavy atom. The number of hydrogen-bond donors (Lipinski definition) is 0. The van der Waals surface area contributed by atoms with Gasteiger partial charge in [0.05, 0.1) is 6.54 Å². The summed E-state index contributed by atoms with van der Waals surface area (Å²) in [6.07, 6.45) is 0. The minimum atomic E-state index is -0.955. The molecule has 1 aromatic carbocycles. The summed E-state index contributed by atoms with van der Waals surface area (Å²) < 4.78 is 1.97. The SMILES string of the molecule is CCN1C(=O)C(=O)N(CC(=O)c2cc(C)n(-c3ccc(C)c(C)c3)c2C)C1=O. The molecule has 0 saturated carbocycles. The molecule has 146 valence electrons. The highest BCUT2D eigenvalue weighted by Crippen LogP contribution is 2.24. The standard InChI is InChI=1S/C21H23N3O4/c1-6-22-19(26)20(27)23(21(22)28)11-18(25)17-10-14(4)24(15(17)5)16-8-7-12(2)13(3)9-16/h7-10H,6,11H2,1-5H3. The molecule has 0 atom stereocenters. The third-order valence-corrected chi connectivity index (χ3v) is 5.23. The van der Waals surface area contributed by atoms with Gasteiger partial charge in [0.25, 0.3) is 0 Å². The lowest BCUT2D eigenvalue weighted by Crippen LogP contribution is -2.37. The summed E-state index contributed by atoms with van der Waals surface area (Å²) in [7, 11) is 0. The molecule has 0 bridgehead atoms. The second-order valence-corrected chi connectivity index (χ2v) is 7.04. The smallest absolute Gasteiger partial charge is 0.318 e. The zero-order valence-electron chi connectivity index (χ0n) is 16.7. The molecule has 1 saturated heterocycles. The van der Waals surface area contributed by atoms with Gasteiger partial charge in [-0.25, -0.2) is 9.69 Å². The van der Waals surface area contributed by atoms with Gasteiger partial charge >= 0.3 is 17.8 Å². The van der Waals surface area contributed by atoms with Crippen LogP contribution < -0.4 is 0 Å². The van der Waals surface area contributed by atoms with Crippen molar-refractivity contribution in [2.24, 2.45) is 0 Å². The molecule has 0 unspecified atom stereocenters. The number of aryl methyl sites for hydroxylation is 3. The maximum absolute atomic E-state index is 12.8. The summed E-state index contributed by atoms with van der Waals surface area (Å²) in [5, 5.41) is 0. The van der Waals surface area contributed by atoms with Gasteiger partial charge in [-0.05, 0) is 63.9 Å². The minimum Gasteiger partial charge on any atom is -0.318 e. The number of aromatic nitrogens is 1. The third-order valence-electron chi connectivity index (χ3n) is 5.23. The van der Waals surface area contributed by atoms with Gasteiger partial charge in [-0.1, -0.05) is 6.07 Å². The average Bonchev–Trinajstić information content (AvgIpc) is 3.05. The van der Waals surface area contributed by atoms with E-state index in [1.165, 1.54) is 5.56 Å². The first kappa shape index (κ1) is 19.5. The lowest BCUT2D eigenvalue weighted by atomic mass is 10.1. The zero-order chi connectivity index (χ0) is 20.7. The fraction of sp³-hybridized carbons (Fsp3) is 0.333.